The first-order valence-electron chi connectivity index (χ1n) is 6.59. The molecule has 0 spiro atoms. The minimum absolute atomic E-state index is 0.791. The van der Waals surface area contributed by atoms with Crippen molar-refractivity contribution in [2.45, 2.75) is 32.6 Å². The summed E-state index contributed by atoms with van der Waals surface area (Å²) in [5, 5.41) is 3.58. The minimum Gasteiger partial charge on any atom is -0.316 e. The number of hydrogen-bond acceptors (Lipinski definition) is 1. The molecule has 1 saturated carbocycles. The Morgan fingerprint density at radius 3 is 2.69 bits per heavy atom. The van der Waals surface area contributed by atoms with E-state index in [-0.39, 0.29) is 0 Å². The summed E-state index contributed by atoms with van der Waals surface area (Å²) in [5.41, 5.74) is 1.47. The smallest absolute Gasteiger partial charge is 0.00204 e. The van der Waals surface area contributed by atoms with Crippen LogP contribution in [0, 0.1) is 11.8 Å². The van der Waals surface area contributed by atoms with Gasteiger partial charge in [-0.2, -0.15) is 0 Å². The highest BCUT2D eigenvalue weighted by molar-refractivity contribution is 5.14. The summed E-state index contributed by atoms with van der Waals surface area (Å²) < 4.78 is 0. The van der Waals surface area contributed by atoms with Gasteiger partial charge in [0, 0.05) is 0 Å². The predicted molar refractivity (Wildman–Crippen MR) is 69.5 cm³/mol. The van der Waals surface area contributed by atoms with E-state index in [0.29, 0.717) is 0 Å². The number of rotatable bonds is 7. The first kappa shape index (κ1) is 11.7. The largest absolute Gasteiger partial charge is 0.316 e. The Kier molecular flexibility index (Phi) is 4.41. The number of benzene rings is 1. The standard InChI is InChI=1S/C15H23N/c1-13(11-16-12-15-9-10-15)7-8-14-5-3-2-4-6-14/h2-6,13,15-16H,7-12H2,1H3. The van der Waals surface area contributed by atoms with E-state index in [1.165, 1.54) is 44.3 Å². The highest BCUT2D eigenvalue weighted by Gasteiger charge is 2.20. The van der Waals surface area contributed by atoms with Gasteiger partial charge in [0.05, 0.1) is 0 Å². The van der Waals surface area contributed by atoms with Crippen molar-refractivity contribution in [3.8, 4) is 0 Å². The van der Waals surface area contributed by atoms with E-state index in [1.54, 1.807) is 0 Å². The van der Waals surface area contributed by atoms with Crippen LogP contribution in [0.5, 0.6) is 0 Å². The van der Waals surface area contributed by atoms with E-state index in [4.69, 9.17) is 0 Å². The average molecular weight is 217 g/mol. The molecule has 0 radical (unpaired) electrons. The van der Waals surface area contributed by atoms with Crippen LogP contribution >= 0.6 is 0 Å². The van der Waals surface area contributed by atoms with Crippen LogP contribution in [0.25, 0.3) is 0 Å². The van der Waals surface area contributed by atoms with Gasteiger partial charge >= 0.3 is 0 Å². The molecule has 1 aliphatic carbocycles. The molecule has 1 N–H and O–H groups in total. The lowest BCUT2D eigenvalue weighted by molar-refractivity contribution is 0.474. The zero-order valence-electron chi connectivity index (χ0n) is 10.3. The topological polar surface area (TPSA) is 12.0 Å². The van der Waals surface area contributed by atoms with Crippen LogP contribution in [-0.2, 0) is 6.42 Å². The maximum absolute atomic E-state index is 3.58. The SMILES string of the molecule is CC(CCc1ccccc1)CNCC1CC1. The first-order chi connectivity index (χ1) is 7.84. The zero-order chi connectivity index (χ0) is 11.2. The second-order valence-electron chi connectivity index (χ2n) is 5.23. The fourth-order valence-electron chi connectivity index (χ4n) is 2.02. The van der Waals surface area contributed by atoms with Gasteiger partial charge in [0.1, 0.15) is 0 Å². The second kappa shape index (κ2) is 6.05. The monoisotopic (exact) mass is 217 g/mol. The van der Waals surface area contributed by atoms with E-state index < -0.39 is 0 Å². The Morgan fingerprint density at radius 1 is 1.25 bits per heavy atom. The lowest BCUT2D eigenvalue weighted by atomic mass is 10.0. The highest BCUT2D eigenvalue weighted by Crippen LogP contribution is 2.27. The molecule has 1 unspecified atom stereocenters. The van der Waals surface area contributed by atoms with Crippen molar-refractivity contribution in [2.75, 3.05) is 13.1 Å². The van der Waals surface area contributed by atoms with E-state index in [1.807, 2.05) is 0 Å². The van der Waals surface area contributed by atoms with Gasteiger partial charge in [0.15, 0.2) is 0 Å². The number of aryl methyl sites for hydroxylation is 1. The molecule has 1 aliphatic rings. The predicted octanol–water partition coefficient (Wildman–Crippen LogP) is 3.25. The molecular weight excluding hydrogens is 194 g/mol. The van der Waals surface area contributed by atoms with Gasteiger partial charge in [0.25, 0.3) is 0 Å². The minimum atomic E-state index is 0.791. The molecule has 2 rings (SSSR count). The molecule has 0 saturated heterocycles. The van der Waals surface area contributed by atoms with Crippen molar-refractivity contribution in [3.05, 3.63) is 35.9 Å². The molecule has 1 fully saturated rings. The molecule has 0 amide bonds. The van der Waals surface area contributed by atoms with Gasteiger partial charge in [-0.3, -0.25) is 0 Å². The molecule has 16 heavy (non-hydrogen) atoms. The first-order valence-corrected chi connectivity index (χ1v) is 6.59. The van der Waals surface area contributed by atoms with Crippen LogP contribution < -0.4 is 5.32 Å². The van der Waals surface area contributed by atoms with Crippen LogP contribution in [0.1, 0.15) is 31.7 Å². The summed E-state index contributed by atoms with van der Waals surface area (Å²) in [6.45, 7) is 4.78. The van der Waals surface area contributed by atoms with Crippen molar-refractivity contribution in [1.29, 1.82) is 0 Å². The van der Waals surface area contributed by atoms with Gasteiger partial charge in [-0.05, 0) is 56.2 Å². The molecule has 1 nitrogen and oxygen atoms in total. The molecule has 0 aromatic heterocycles. The number of nitrogens with one attached hydrogen (secondary N) is 1. The molecule has 0 bridgehead atoms. The molecule has 0 aliphatic heterocycles. The Hall–Kier alpha value is -0.820. The lowest BCUT2D eigenvalue weighted by Crippen LogP contribution is -2.23. The summed E-state index contributed by atoms with van der Waals surface area (Å²) in [5.74, 6) is 1.79. The van der Waals surface area contributed by atoms with E-state index in [9.17, 15) is 0 Å². The normalized spacial score (nSPS) is 17.3. The molecule has 1 aromatic rings. The van der Waals surface area contributed by atoms with Crippen molar-refractivity contribution in [3.63, 3.8) is 0 Å². The summed E-state index contributed by atoms with van der Waals surface area (Å²) in [7, 11) is 0. The van der Waals surface area contributed by atoms with Crippen molar-refractivity contribution < 1.29 is 0 Å². The maximum atomic E-state index is 3.58. The van der Waals surface area contributed by atoms with Crippen molar-refractivity contribution in [1.82, 2.24) is 5.32 Å². The van der Waals surface area contributed by atoms with E-state index in [0.717, 1.165) is 11.8 Å². The average Bonchev–Trinajstić information content (AvgIpc) is 3.12. The summed E-state index contributed by atoms with van der Waals surface area (Å²) in [4.78, 5) is 0. The Balaban J connectivity index is 1.57. The molecule has 1 aromatic carbocycles. The van der Waals surface area contributed by atoms with Gasteiger partial charge in [-0.15, -0.1) is 0 Å². The third-order valence-corrected chi connectivity index (χ3v) is 3.39. The third-order valence-electron chi connectivity index (χ3n) is 3.39. The lowest BCUT2D eigenvalue weighted by Gasteiger charge is -2.12. The van der Waals surface area contributed by atoms with Crippen LogP contribution in [0.2, 0.25) is 0 Å². The number of hydrogen-bond donors (Lipinski definition) is 1. The van der Waals surface area contributed by atoms with Gasteiger partial charge < -0.3 is 5.32 Å². The van der Waals surface area contributed by atoms with Crippen LogP contribution in [0.4, 0.5) is 0 Å². The summed E-state index contributed by atoms with van der Waals surface area (Å²) in [6, 6.07) is 10.8. The van der Waals surface area contributed by atoms with Crippen molar-refractivity contribution >= 4 is 0 Å². The zero-order valence-corrected chi connectivity index (χ0v) is 10.3. The van der Waals surface area contributed by atoms with E-state index in [2.05, 4.69) is 42.6 Å². The molecular formula is C15H23N. The Bertz CT molecular complexity index is 290. The van der Waals surface area contributed by atoms with Crippen molar-refractivity contribution in [2.24, 2.45) is 11.8 Å². The molecule has 1 heteroatoms. The molecule has 88 valence electrons. The fraction of sp³-hybridized carbons (Fsp3) is 0.600. The summed E-state index contributed by atoms with van der Waals surface area (Å²) >= 11 is 0. The maximum Gasteiger partial charge on any atom is -0.00204 e. The quantitative estimate of drug-likeness (QED) is 0.739. The van der Waals surface area contributed by atoms with Gasteiger partial charge in [0.2, 0.25) is 0 Å². The Labute approximate surface area is 99.3 Å². The van der Waals surface area contributed by atoms with Crippen LogP contribution in [-0.4, -0.2) is 13.1 Å². The fourth-order valence-corrected chi connectivity index (χ4v) is 2.02. The molecule has 0 heterocycles. The van der Waals surface area contributed by atoms with E-state index >= 15 is 0 Å². The van der Waals surface area contributed by atoms with Crippen LogP contribution in [0.15, 0.2) is 30.3 Å². The van der Waals surface area contributed by atoms with Crippen LogP contribution in [0.3, 0.4) is 0 Å². The second-order valence-corrected chi connectivity index (χ2v) is 5.23. The highest BCUT2D eigenvalue weighted by atomic mass is 14.9. The third kappa shape index (κ3) is 4.36. The van der Waals surface area contributed by atoms with Gasteiger partial charge in [-0.25, -0.2) is 0 Å². The molecule has 1 atom stereocenters. The summed E-state index contributed by atoms with van der Waals surface area (Å²) in [6.07, 6.45) is 5.41. The Morgan fingerprint density at radius 2 is 2.00 bits per heavy atom. The van der Waals surface area contributed by atoms with Gasteiger partial charge in [-0.1, -0.05) is 37.3 Å².